The van der Waals surface area contributed by atoms with Crippen molar-refractivity contribution >= 4 is 11.9 Å². The molecule has 5 nitrogen and oxygen atoms in total. The molecule has 2 N–H and O–H groups in total. The fraction of sp³-hybridized carbons (Fsp3) is 0.250. The predicted octanol–water partition coefficient (Wildman–Crippen LogP) is 2.01. The van der Waals surface area contributed by atoms with Gasteiger partial charge in [0.25, 0.3) is 0 Å². The molecule has 1 heterocycles. The molecule has 5 heteroatoms. The molecule has 0 saturated carbocycles. The molecule has 1 amide bonds. The molecule has 21 heavy (non-hydrogen) atoms. The zero-order valence-electron chi connectivity index (χ0n) is 11.3. The van der Waals surface area contributed by atoms with Crippen LogP contribution < -0.4 is 5.32 Å². The first-order chi connectivity index (χ1) is 10.1. The summed E-state index contributed by atoms with van der Waals surface area (Å²) in [4.78, 5) is 22.9. The second-order valence-electron chi connectivity index (χ2n) is 5.16. The summed E-state index contributed by atoms with van der Waals surface area (Å²) < 4.78 is 5.11. The fourth-order valence-electron chi connectivity index (χ4n) is 2.65. The molecule has 108 valence electrons. The lowest BCUT2D eigenvalue weighted by atomic mass is 10.1. The average Bonchev–Trinajstić information content (AvgIpc) is 3.11. The molecule has 0 spiro atoms. The molecule has 2 aromatic rings. The fourth-order valence-corrected chi connectivity index (χ4v) is 2.65. The number of rotatable bonds is 4. The second kappa shape index (κ2) is 5.44. The van der Waals surface area contributed by atoms with Gasteiger partial charge in [0.05, 0.1) is 6.54 Å². The molecule has 0 atom stereocenters. The standard InChI is InChI=1S/C16H15NO4/c18-15(12-7-10-3-1-2-4-11(10)8-12)17-9-13-5-6-14(21-13)16(19)20/h1-6,12H,7-9H2,(H,17,18)(H,19,20). The van der Waals surface area contributed by atoms with Gasteiger partial charge in [-0.3, -0.25) is 4.79 Å². The quantitative estimate of drug-likeness (QED) is 0.900. The van der Waals surface area contributed by atoms with Crippen LogP contribution >= 0.6 is 0 Å². The van der Waals surface area contributed by atoms with Crippen molar-refractivity contribution in [2.45, 2.75) is 19.4 Å². The molecule has 0 aliphatic heterocycles. The van der Waals surface area contributed by atoms with Crippen molar-refractivity contribution < 1.29 is 19.1 Å². The third-order valence-electron chi connectivity index (χ3n) is 3.73. The van der Waals surface area contributed by atoms with Crippen LogP contribution in [0.25, 0.3) is 0 Å². The van der Waals surface area contributed by atoms with Crippen molar-refractivity contribution in [2.75, 3.05) is 0 Å². The lowest BCUT2D eigenvalue weighted by Gasteiger charge is -2.09. The highest BCUT2D eigenvalue weighted by atomic mass is 16.4. The van der Waals surface area contributed by atoms with Crippen molar-refractivity contribution in [1.82, 2.24) is 5.32 Å². The lowest BCUT2D eigenvalue weighted by molar-refractivity contribution is -0.124. The van der Waals surface area contributed by atoms with E-state index in [0.717, 1.165) is 12.8 Å². The number of carboxylic acid groups (broad SMARTS) is 1. The number of fused-ring (bicyclic) bond motifs is 1. The van der Waals surface area contributed by atoms with E-state index >= 15 is 0 Å². The Morgan fingerprint density at radius 2 is 1.81 bits per heavy atom. The van der Waals surface area contributed by atoms with Crippen LogP contribution in [-0.4, -0.2) is 17.0 Å². The third kappa shape index (κ3) is 2.81. The molecular weight excluding hydrogens is 270 g/mol. The number of hydrogen-bond donors (Lipinski definition) is 2. The summed E-state index contributed by atoms with van der Waals surface area (Å²) in [6.45, 7) is 0.207. The van der Waals surface area contributed by atoms with E-state index in [1.54, 1.807) is 6.07 Å². The van der Waals surface area contributed by atoms with E-state index in [-0.39, 0.29) is 24.1 Å². The molecular formula is C16H15NO4. The number of carbonyl (C=O) groups is 2. The Morgan fingerprint density at radius 1 is 1.14 bits per heavy atom. The maximum atomic E-state index is 12.2. The molecule has 0 unspecified atom stereocenters. The normalized spacial score (nSPS) is 13.9. The summed E-state index contributed by atoms with van der Waals surface area (Å²) in [7, 11) is 0. The molecule has 1 aliphatic carbocycles. The Labute approximate surface area is 121 Å². The van der Waals surface area contributed by atoms with Crippen LogP contribution in [0.4, 0.5) is 0 Å². The van der Waals surface area contributed by atoms with E-state index in [2.05, 4.69) is 5.32 Å². The number of furan rings is 1. The van der Waals surface area contributed by atoms with Crippen molar-refractivity contribution in [2.24, 2.45) is 5.92 Å². The van der Waals surface area contributed by atoms with Crippen LogP contribution in [-0.2, 0) is 24.2 Å². The molecule has 1 aliphatic rings. The summed E-state index contributed by atoms with van der Waals surface area (Å²) >= 11 is 0. The van der Waals surface area contributed by atoms with Crippen LogP contribution in [0.2, 0.25) is 0 Å². The highest BCUT2D eigenvalue weighted by molar-refractivity contribution is 5.84. The predicted molar refractivity (Wildman–Crippen MR) is 74.9 cm³/mol. The number of aromatic carboxylic acids is 1. The van der Waals surface area contributed by atoms with E-state index in [1.807, 2.05) is 24.3 Å². The van der Waals surface area contributed by atoms with Gasteiger partial charge in [-0.05, 0) is 36.1 Å². The zero-order valence-corrected chi connectivity index (χ0v) is 11.3. The van der Waals surface area contributed by atoms with Gasteiger partial charge in [-0.2, -0.15) is 0 Å². The van der Waals surface area contributed by atoms with Gasteiger partial charge in [0.1, 0.15) is 5.76 Å². The molecule has 0 bridgehead atoms. The van der Waals surface area contributed by atoms with E-state index in [4.69, 9.17) is 9.52 Å². The Morgan fingerprint density at radius 3 is 2.38 bits per heavy atom. The van der Waals surface area contributed by atoms with Crippen LogP contribution in [0.3, 0.4) is 0 Å². The minimum atomic E-state index is -1.11. The number of hydrogen-bond acceptors (Lipinski definition) is 3. The molecule has 0 saturated heterocycles. The molecule has 1 aromatic heterocycles. The van der Waals surface area contributed by atoms with Gasteiger partial charge in [-0.1, -0.05) is 24.3 Å². The molecule has 3 rings (SSSR count). The minimum absolute atomic E-state index is 0.0283. The lowest BCUT2D eigenvalue weighted by Crippen LogP contribution is -2.30. The van der Waals surface area contributed by atoms with E-state index in [9.17, 15) is 9.59 Å². The van der Waals surface area contributed by atoms with Crippen LogP contribution in [0, 0.1) is 5.92 Å². The first-order valence-corrected chi connectivity index (χ1v) is 6.80. The van der Waals surface area contributed by atoms with E-state index in [1.165, 1.54) is 17.2 Å². The van der Waals surface area contributed by atoms with E-state index in [0.29, 0.717) is 5.76 Å². The van der Waals surface area contributed by atoms with E-state index < -0.39 is 5.97 Å². The highest BCUT2D eigenvalue weighted by Gasteiger charge is 2.26. The smallest absolute Gasteiger partial charge is 0.371 e. The van der Waals surface area contributed by atoms with Gasteiger partial charge in [-0.25, -0.2) is 4.79 Å². The second-order valence-corrected chi connectivity index (χ2v) is 5.16. The first-order valence-electron chi connectivity index (χ1n) is 6.80. The van der Waals surface area contributed by atoms with Gasteiger partial charge >= 0.3 is 5.97 Å². The van der Waals surface area contributed by atoms with Crippen LogP contribution in [0.15, 0.2) is 40.8 Å². The minimum Gasteiger partial charge on any atom is -0.475 e. The Kier molecular flexibility index (Phi) is 3.48. The summed E-state index contributed by atoms with van der Waals surface area (Å²) in [6.07, 6.45) is 1.50. The van der Waals surface area contributed by atoms with Crippen LogP contribution in [0.1, 0.15) is 27.4 Å². The SMILES string of the molecule is O=C(O)c1ccc(CNC(=O)C2Cc3ccccc3C2)o1. The van der Waals surface area contributed by atoms with Gasteiger partial charge in [0.2, 0.25) is 11.7 Å². The summed E-state index contributed by atoms with van der Waals surface area (Å²) in [6, 6.07) is 11.0. The summed E-state index contributed by atoms with van der Waals surface area (Å²) in [5, 5.41) is 11.6. The van der Waals surface area contributed by atoms with Crippen molar-refractivity contribution in [1.29, 1.82) is 0 Å². The van der Waals surface area contributed by atoms with Gasteiger partial charge in [0.15, 0.2) is 0 Å². The number of benzene rings is 1. The highest BCUT2D eigenvalue weighted by Crippen LogP contribution is 2.26. The van der Waals surface area contributed by atoms with Gasteiger partial charge in [0, 0.05) is 5.92 Å². The van der Waals surface area contributed by atoms with Gasteiger partial charge in [-0.15, -0.1) is 0 Å². The van der Waals surface area contributed by atoms with Crippen LogP contribution in [0.5, 0.6) is 0 Å². The topological polar surface area (TPSA) is 79.5 Å². The monoisotopic (exact) mass is 285 g/mol. The summed E-state index contributed by atoms with van der Waals surface area (Å²) in [5.41, 5.74) is 2.45. The molecule has 1 aromatic carbocycles. The Hall–Kier alpha value is -2.56. The number of carboxylic acids is 1. The number of amides is 1. The average molecular weight is 285 g/mol. The maximum Gasteiger partial charge on any atom is 0.371 e. The van der Waals surface area contributed by atoms with Crippen molar-refractivity contribution in [3.05, 3.63) is 59.0 Å². The van der Waals surface area contributed by atoms with Gasteiger partial charge < -0.3 is 14.8 Å². The third-order valence-corrected chi connectivity index (χ3v) is 3.73. The number of nitrogens with one attached hydrogen (secondary N) is 1. The maximum absolute atomic E-state index is 12.2. The summed E-state index contributed by atoms with van der Waals surface area (Å²) in [5.74, 6) is -0.876. The Balaban J connectivity index is 1.57. The Bertz CT molecular complexity index is 664. The molecule has 0 fully saturated rings. The number of carbonyl (C=O) groups excluding carboxylic acids is 1. The zero-order chi connectivity index (χ0) is 14.8. The first kappa shape index (κ1) is 13.4. The molecule has 0 radical (unpaired) electrons. The van der Waals surface area contributed by atoms with Crippen molar-refractivity contribution in [3.8, 4) is 0 Å². The van der Waals surface area contributed by atoms with Crippen molar-refractivity contribution in [3.63, 3.8) is 0 Å². The largest absolute Gasteiger partial charge is 0.475 e.